The van der Waals surface area contributed by atoms with Gasteiger partial charge in [-0.2, -0.15) is 0 Å². The molecule has 3 rings (SSSR count). The Balaban J connectivity index is 1.79. The molecule has 0 saturated heterocycles. The first-order valence-electron chi connectivity index (χ1n) is 10.8. The molecule has 0 saturated carbocycles. The first kappa shape index (κ1) is 24.6. The van der Waals surface area contributed by atoms with Gasteiger partial charge in [0.15, 0.2) is 0 Å². The van der Waals surface area contributed by atoms with Crippen LogP contribution in [0.2, 0.25) is 0 Å². The molecular formula is C27H28O7. The molecule has 0 aliphatic rings. The Kier molecular flexibility index (Phi) is 8.14. The van der Waals surface area contributed by atoms with Crippen molar-refractivity contribution in [1.82, 2.24) is 0 Å². The lowest BCUT2D eigenvalue weighted by atomic mass is 9.97. The van der Waals surface area contributed by atoms with Gasteiger partial charge >= 0.3 is 11.9 Å². The standard InChI is InChI=1S/C27H28O7/c1-32-23-16-24(33-2)21(12-7-18-8-13-22(27(30)31)25(14-18)34-3)15-20(23)11-6-17-4-9-19(10-5-17)26(28)29/h4-5,8-10,13-16H,6-7,11-12H2,1-3H3,(H,28,29)(H,30,31). The zero-order valence-electron chi connectivity index (χ0n) is 19.5. The number of carboxylic acid groups (broad SMARTS) is 2. The molecule has 178 valence electrons. The molecular weight excluding hydrogens is 436 g/mol. The van der Waals surface area contributed by atoms with Crippen molar-refractivity contribution in [2.24, 2.45) is 0 Å². The van der Waals surface area contributed by atoms with Crippen LogP contribution >= 0.6 is 0 Å². The fourth-order valence-corrected chi connectivity index (χ4v) is 3.87. The number of carbonyl (C=O) groups is 2. The molecule has 0 radical (unpaired) electrons. The number of carboxylic acids is 2. The lowest BCUT2D eigenvalue weighted by molar-refractivity contribution is 0.0684. The Morgan fingerprint density at radius 2 is 1.15 bits per heavy atom. The van der Waals surface area contributed by atoms with Crippen LogP contribution in [-0.2, 0) is 25.7 Å². The molecule has 0 bridgehead atoms. The topological polar surface area (TPSA) is 102 Å². The van der Waals surface area contributed by atoms with Crippen LogP contribution in [-0.4, -0.2) is 43.5 Å². The Bertz CT molecular complexity index is 1170. The highest BCUT2D eigenvalue weighted by molar-refractivity contribution is 5.91. The number of hydrogen-bond donors (Lipinski definition) is 2. The van der Waals surface area contributed by atoms with Gasteiger partial charge in [0.05, 0.1) is 26.9 Å². The van der Waals surface area contributed by atoms with E-state index in [1.54, 1.807) is 44.6 Å². The predicted molar refractivity (Wildman–Crippen MR) is 128 cm³/mol. The SMILES string of the molecule is COc1cc(OC)c(CCc2ccc(C(=O)O)c(OC)c2)cc1CCc1ccc(C(=O)O)cc1. The summed E-state index contributed by atoms with van der Waals surface area (Å²) < 4.78 is 16.4. The minimum absolute atomic E-state index is 0.131. The molecule has 0 spiro atoms. The summed E-state index contributed by atoms with van der Waals surface area (Å²) in [4.78, 5) is 22.4. The van der Waals surface area contributed by atoms with E-state index in [2.05, 4.69) is 6.07 Å². The largest absolute Gasteiger partial charge is 0.496 e. The van der Waals surface area contributed by atoms with E-state index in [4.69, 9.17) is 19.3 Å². The van der Waals surface area contributed by atoms with E-state index in [1.165, 1.54) is 7.11 Å². The molecule has 0 heterocycles. The molecule has 34 heavy (non-hydrogen) atoms. The van der Waals surface area contributed by atoms with E-state index < -0.39 is 11.9 Å². The maximum atomic E-state index is 11.3. The van der Waals surface area contributed by atoms with Crippen LogP contribution in [0.15, 0.2) is 54.6 Å². The Morgan fingerprint density at radius 1 is 0.618 bits per heavy atom. The fraction of sp³-hybridized carbons (Fsp3) is 0.259. The second kappa shape index (κ2) is 11.2. The van der Waals surface area contributed by atoms with E-state index in [1.807, 2.05) is 18.2 Å². The van der Waals surface area contributed by atoms with Crippen LogP contribution in [0.1, 0.15) is 43.0 Å². The van der Waals surface area contributed by atoms with Gasteiger partial charge in [-0.3, -0.25) is 0 Å². The number of rotatable bonds is 11. The van der Waals surface area contributed by atoms with Gasteiger partial charge in [0.25, 0.3) is 0 Å². The number of benzene rings is 3. The van der Waals surface area contributed by atoms with Crippen molar-refractivity contribution in [3.8, 4) is 17.2 Å². The van der Waals surface area contributed by atoms with Gasteiger partial charge in [0, 0.05) is 6.07 Å². The third-order valence-corrected chi connectivity index (χ3v) is 5.75. The van der Waals surface area contributed by atoms with Crippen molar-refractivity contribution in [2.45, 2.75) is 25.7 Å². The summed E-state index contributed by atoms with van der Waals surface area (Å²) in [5, 5.41) is 18.4. The molecule has 2 N–H and O–H groups in total. The molecule has 0 amide bonds. The minimum Gasteiger partial charge on any atom is -0.496 e. The average molecular weight is 465 g/mol. The van der Waals surface area contributed by atoms with E-state index >= 15 is 0 Å². The Labute approximate surface area is 198 Å². The number of hydrogen-bond acceptors (Lipinski definition) is 5. The molecule has 0 aliphatic carbocycles. The zero-order chi connectivity index (χ0) is 24.7. The van der Waals surface area contributed by atoms with Crippen LogP contribution in [0.25, 0.3) is 0 Å². The summed E-state index contributed by atoms with van der Waals surface area (Å²) in [5.41, 5.74) is 4.43. The quantitative estimate of drug-likeness (QED) is 0.425. The number of aryl methyl sites for hydroxylation is 4. The van der Waals surface area contributed by atoms with Crippen molar-refractivity contribution >= 4 is 11.9 Å². The minimum atomic E-state index is -1.03. The molecule has 0 atom stereocenters. The van der Waals surface area contributed by atoms with Crippen molar-refractivity contribution in [3.63, 3.8) is 0 Å². The highest BCUT2D eigenvalue weighted by Gasteiger charge is 2.14. The summed E-state index contributed by atoms with van der Waals surface area (Å²) in [6.45, 7) is 0. The number of aromatic carboxylic acids is 2. The highest BCUT2D eigenvalue weighted by atomic mass is 16.5. The van der Waals surface area contributed by atoms with Crippen LogP contribution in [0, 0.1) is 0 Å². The van der Waals surface area contributed by atoms with Gasteiger partial charge in [0.1, 0.15) is 22.8 Å². The van der Waals surface area contributed by atoms with E-state index in [0.717, 1.165) is 40.2 Å². The normalized spacial score (nSPS) is 10.6. The van der Waals surface area contributed by atoms with Crippen molar-refractivity contribution in [1.29, 1.82) is 0 Å². The summed E-state index contributed by atoms with van der Waals surface area (Å²) in [7, 11) is 4.70. The lowest BCUT2D eigenvalue weighted by Gasteiger charge is -2.16. The maximum absolute atomic E-state index is 11.3. The summed E-state index contributed by atoms with van der Waals surface area (Å²) >= 11 is 0. The summed E-state index contributed by atoms with van der Waals surface area (Å²) in [5.74, 6) is -0.178. The molecule has 7 nitrogen and oxygen atoms in total. The van der Waals surface area contributed by atoms with Crippen LogP contribution in [0.4, 0.5) is 0 Å². The van der Waals surface area contributed by atoms with Crippen LogP contribution < -0.4 is 14.2 Å². The smallest absolute Gasteiger partial charge is 0.339 e. The first-order valence-corrected chi connectivity index (χ1v) is 10.8. The van der Waals surface area contributed by atoms with Crippen molar-refractivity contribution in [3.05, 3.63) is 88.0 Å². The second-order valence-corrected chi connectivity index (χ2v) is 7.82. The van der Waals surface area contributed by atoms with Crippen molar-refractivity contribution < 1.29 is 34.0 Å². The highest BCUT2D eigenvalue weighted by Crippen LogP contribution is 2.31. The van der Waals surface area contributed by atoms with Gasteiger partial charge in [-0.05, 0) is 78.3 Å². The fourth-order valence-electron chi connectivity index (χ4n) is 3.87. The van der Waals surface area contributed by atoms with E-state index in [-0.39, 0.29) is 11.1 Å². The maximum Gasteiger partial charge on any atom is 0.339 e. The first-order chi connectivity index (χ1) is 16.4. The zero-order valence-corrected chi connectivity index (χ0v) is 19.5. The monoisotopic (exact) mass is 464 g/mol. The van der Waals surface area contributed by atoms with Crippen molar-refractivity contribution in [2.75, 3.05) is 21.3 Å². The second-order valence-electron chi connectivity index (χ2n) is 7.82. The third kappa shape index (κ3) is 5.86. The predicted octanol–water partition coefficient (Wildman–Crippen LogP) is 4.68. The molecule has 7 heteroatoms. The summed E-state index contributed by atoms with van der Waals surface area (Å²) in [6.07, 6.45) is 2.81. The van der Waals surface area contributed by atoms with Crippen LogP contribution in [0.5, 0.6) is 17.2 Å². The lowest BCUT2D eigenvalue weighted by Crippen LogP contribution is -2.03. The van der Waals surface area contributed by atoms with Gasteiger partial charge in [-0.1, -0.05) is 18.2 Å². The van der Waals surface area contributed by atoms with Crippen LogP contribution in [0.3, 0.4) is 0 Å². The molecule has 0 fully saturated rings. The number of methoxy groups -OCH3 is 3. The molecule has 0 unspecified atom stereocenters. The molecule has 0 aromatic heterocycles. The van der Waals surface area contributed by atoms with Gasteiger partial charge in [-0.15, -0.1) is 0 Å². The Morgan fingerprint density at radius 3 is 1.65 bits per heavy atom. The Hall–Kier alpha value is -4.00. The number of ether oxygens (including phenoxy) is 3. The molecule has 0 aliphatic heterocycles. The average Bonchev–Trinajstić information content (AvgIpc) is 2.85. The summed E-state index contributed by atoms with van der Waals surface area (Å²) in [6, 6.07) is 15.9. The molecule has 3 aromatic carbocycles. The van der Waals surface area contributed by atoms with Gasteiger partial charge in [-0.25, -0.2) is 9.59 Å². The third-order valence-electron chi connectivity index (χ3n) is 5.75. The van der Waals surface area contributed by atoms with E-state index in [0.29, 0.717) is 25.0 Å². The van der Waals surface area contributed by atoms with Gasteiger partial charge in [0.2, 0.25) is 0 Å². The van der Waals surface area contributed by atoms with E-state index in [9.17, 15) is 14.7 Å². The van der Waals surface area contributed by atoms with Gasteiger partial charge < -0.3 is 24.4 Å². The molecule has 3 aromatic rings.